The molecule has 0 bridgehead atoms. The predicted octanol–water partition coefficient (Wildman–Crippen LogP) is 5.10. The molecular weight excluding hydrogens is 488 g/mol. The van der Waals surface area contributed by atoms with E-state index < -0.39 is 11.6 Å². The highest BCUT2D eigenvalue weighted by Crippen LogP contribution is 2.56. The van der Waals surface area contributed by atoms with Gasteiger partial charge in [0.05, 0.1) is 46.7 Å². The molecule has 202 valence electrons. The molecule has 4 rings (SSSR count). The molecule has 1 N–H and O–H groups in total. The highest BCUT2D eigenvalue weighted by molar-refractivity contribution is 5.95. The summed E-state index contributed by atoms with van der Waals surface area (Å²) in [7, 11) is 7.63. The summed E-state index contributed by atoms with van der Waals surface area (Å²) in [6.45, 7) is 3.80. The molecule has 0 aliphatic heterocycles. The highest BCUT2D eigenvalue weighted by Gasteiger charge is 2.38. The molecule has 0 amide bonds. The van der Waals surface area contributed by atoms with E-state index in [1.807, 2.05) is 32.0 Å². The minimum atomic E-state index is -1.06. The summed E-state index contributed by atoms with van der Waals surface area (Å²) in [5.74, 6) is 1.36. The van der Waals surface area contributed by atoms with Crippen LogP contribution in [-0.2, 0) is 12.8 Å². The molecule has 8 nitrogen and oxygen atoms in total. The summed E-state index contributed by atoms with van der Waals surface area (Å²) < 4.78 is 34.7. The summed E-state index contributed by atoms with van der Waals surface area (Å²) >= 11 is 0. The van der Waals surface area contributed by atoms with Crippen molar-refractivity contribution in [2.75, 3.05) is 35.5 Å². The van der Waals surface area contributed by atoms with Gasteiger partial charge in [-0.05, 0) is 54.7 Å². The fourth-order valence-corrected chi connectivity index (χ4v) is 5.00. The minimum Gasteiger partial charge on any atom is -0.493 e. The van der Waals surface area contributed by atoms with Crippen LogP contribution in [0.25, 0.3) is 11.1 Å². The van der Waals surface area contributed by atoms with Crippen molar-refractivity contribution >= 4 is 5.97 Å². The maximum Gasteiger partial charge on any atom is 0.343 e. The zero-order valence-corrected chi connectivity index (χ0v) is 22.8. The van der Waals surface area contributed by atoms with Crippen molar-refractivity contribution in [1.82, 2.24) is 0 Å². The largest absolute Gasteiger partial charge is 0.493 e. The Hall–Kier alpha value is -3.91. The second-order valence-corrected chi connectivity index (χ2v) is 9.55. The molecule has 2 atom stereocenters. The molecule has 3 aromatic carbocycles. The Morgan fingerprint density at radius 2 is 1.32 bits per heavy atom. The smallest absolute Gasteiger partial charge is 0.343 e. The van der Waals surface area contributed by atoms with Gasteiger partial charge < -0.3 is 33.5 Å². The van der Waals surface area contributed by atoms with Crippen molar-refractivity contribution < 1.29 is 38.3 Å². The first-order chi connectivity index (χ1) is 18.2. The van der Waals surface area contributed by atoms with Crippen LogP contribution in [-0.4, -0.2) is 52.2 Å². The van der Waals surface area contributed by atoms with Crippen molar-refractivity contribution in [2.24, 2.45) is 5.92 Å². The highest BCUT2D eigenvalue weighted by atomic mass is 16.6. The number of carbonyl (C=O) groups is 1. The van der Waals surface area contributed by atoms with Gasteiger partial charge in [-0.1, -0.05) is 25.1 Å². The maximum absolute atomic E-state index is 13.3. The lowest BCUT2D eigenvalue weighted by molar-refractivity contribution is 0.00625. The van der Waals surface area contributed by atoms with E-state index in [0.29, 0.717) is 52.5 Å². The third-order valence-corrected chi connectivity index (χ3v) is 7.21. The van der Waals surface area contributed by atoms with Crippen LogP contribution in [0.5, 0.6) is 34.5 Å². The standard InChI is InChI=1S/C30H34O8/c1-17-13-19-14-21(33-3)26(36-6)28(38-29(31)18-11-9-8-10-12-18)23(19)24-20(16-30(17,2)32)15-22(34-4)25(35-5)27(24)37-7/h8-12,14-15,17,32H,13,16H2,1-7H3/t17-,30+/m1/s1. The average Bonchev–Trinajstić information content (AvgIpc) is 2.92. The molecule has 0 radical (unpaired) electrons. The van der Waals surface area contributed by atoms with Gasteiger partial charge >= 0.3 is 5.97 Å². The van der Waals surface area contributed by atoms with Crippen LogP contribution >= 0.6 is 0 Å². The number of esters is 1. The van der Waals surface area contributed by atoms with Gasteiger partial charge in [0, 0.05) is 17.5 Å². The van der Waals surface area contributed by atoms with Gasteiger partial charge in [-0.2, -0.15) is 0 Å². The van der Waals surface area contributed by atoms with E-state index in [1.165, 1.54) is 28.4 Å². The monoisotopic (exact) mass is 522 g/mol. The van der Waals surface area contributed by atoms with E-state index in [2.05, 4.69) is 0 Å². The van der Waals surface area contributed by atoms with E-state index in [-0.39, 0.29) is 17.4 Å². The zero-order valence-electron chi connectivity index (χ0n) is 22.8. The van der Waals surface area contributed by atoms with Gasteiger partial charge in [0.2, 0.25) is 11.5 Å². The Kier molecular flexibility index (Phi) is 7.73. The molecule has 0 saturated heterocycles. The van der Waals surface area contributed by atoms with Crippen molar-refractivity contribution in [1.29, 1.82) is 0 Å². The summed E-state index contributed by atoms with van der Waals surface area (Å²) in [6.07, 6.45) is 0.760. The van der Waals surface area contributed by atoms with E-state index in [0.717, 1.165) is 11.1 Å². The van der Waals surface area contributed by atoms with Crippen LogP contribution in [0.3, 0.4) is 0 Å². The third-order valence-electron chi connectivity index (χ3n) is 7.21. The first kappa shape index (κ1) is 27.1. The van der Waals surface area contributed by atoms with E-state index in [4.69, 9.17) is 28.4 Å². The van der Waals surface area contributed by atoms with Gasteiger partial charge in [0.15, 0.2) is 23.0 Å². The van der Waals surface area contributed by atoms with E-state index in [9.17, 15) is 9.90 Å². The Morgan fingerprint density at radius 1 is 0.789 bits per heavy atom. The van der Waals surface area contributed by atoms with Gasteiger partial charge in [0.25, 0.3) is 0 Å². The van der Waals surface area contributed by atoms with Crippen LogP contribution in [0.1, 0.15) is 35.3 Å². The molecule has 3 aromatic rings. The van der Waals surface area contributed by atoms with Crippen LogP contribution in [0, 0.1) is 5.92 Å². The van der Waals surface area contributed by atoms with Gasteiger partial charge in [-0.15, -0.1) is 0 Å². The molecule has 1 aliphatic carbocycles. The molecule has 0 saturated carbocycles. The lowest BCUT2D eigenvalue weighted by Gasteiger charge is -2.36. The van der Waals surface area contributed by atoms with Gasteiger partial charge in [-0.3, -0.25) is 0 Å². The number of carbonyl (C=O) groups excluding carboxylic acids is 1. The summed E-state index contributed by atoms with van der Waals surface area (Å²) in [5.41, 5.74) is 2.06. The number of hydrogen-bond donors (Lipinski definition) is 1. The molecule has 0 spiro atoms. The Balaban J connectivity index is 2.13. The zero-order chi connectivity index (χ0) is 27.6. The quantitative estimate of drug-likeness (QED) is 0.338. The molecule has 0 fully saturated rings. The van der Waals surface area contributed by atoms with Crippen LogP contribution < -0.4 is 28.4 Å². The maximum atomic E-state index is 13.3. The van der Waals surface area contributed by atoms with E-state index in [1.54, 1.807) is 31.4 Å². The number of benzene rings is 3. The van der Waals surface area contributed by atoms with E-state index >= 15 is 0 Å². The molecule has 0 aromatic heterocycles. The van der Waals surface area contributed by atoms with Gasteiger partial charge in [0.1, 0.15) is 0 Å². The van der Waals surface area contributed by atoms with Crippen molar-refractivity contribution in [3.63, 3.8) is 0 Å². The average molecular weight is 523 g/mol. The number of ether oxygens (including phenoxy) is 6. The Morgan fingerprint density at radius 3 is 1.87 bits per heavy atom. The lowest BCUT2D eigenvalue weighted by atomic mass is 9.75. The number of fused-ring (bicyclic) bond motifs is 3. The second-order valence-electron chi connectivity index (χ2n) is 9.55. The summed E-state index contributed by atoms with van der Waals surface area (Å²) in [4.78, 5) is 13.3. The first-order valence-electron chi connectivity index (χ1n) is 12.3. The molecule has 0 heterocycles. The van der Waals surface area contributed by atoms with Crippen molar-refractivity contribution in [3.8, 4) is 45.6 Å². The molecule has 1 aliphatic rings. The normalized spacial score (nSPS) is 18.3. The molecule has 0 unspecified atom stereocenters. The third kappa shape index (κ3) is 4.72. The van der Waals surface area contributed by atoms with Gasteiger partial charge in [-0.25, -0.2) is 4.79 Å². The number of hydrogen-bond acceptors (Lipinski definition) is 8. The van der Waals surface area contributed by atoms with Crippen LogP contribution in [0.4, 0.5) is 0 Å². The van der Waals surface area contributed by atoms with Crippen molar-refractivity contribution in [3.05, 3.63) is 59.2 Å². The Bertz CT molecular complexity index is 1330. The first-order valence-corrected chi connectivity index (χ1v) is 12.3. The van der Waals surface area contributed by atoms with Crippen LogP contribution in [0.2, 0.25) is 0 Å². The topological polar surface area (TPSA) is 92.7 Å². The SMILES string of the molecule is COc1cc2c(c(OC)c1OC)-c1c(cc(OC)c(OC)c1OC(=O)c1ccccc1)C[C@@H](C)[C@@](C)(O)C2. The summed E-state index contributed by atoms with van der Waals surface area (Å²) in [6, 6.07) is 12.4. The minimum absolute atomic E-state index is 0.163. The number of methoxy groups -OCH3 is 5. The Labute approximate surface area is 223 Å². The molecule has 8 heteroatoms. The summed E-state index contributed by atoms with van der Waals surface area (Å²) in [5, 5.41) is 11.5. The van der Waals surface area contributed by atoms with Crippen molar-refractivity contribution in [2.45, 2.75) is 32.3 Å². The lowest BCUT2D eigenvalue weighted by Crippen LogP contribution is -2.37. The predicted molar refractivity (Wildman–Crippen MR) is 143 cm³/mol. The fourth-order valence-electron chi connectivity index (χ4n) is 5.00. The molecular formula is C30H34O8. The second kappa shape index (κ2) is 10.8. The fraction of sp³-hybridized carbons (Fsp3) is 0.367. The number of rotatable bonds is 7. The van der Waals surface area contributed by atoms with Crippen LogP contribution in [0.15, 0.2) is 42.5 Å². The number of aliphatic hydroxyl groups is 1. The molecule has 38 heavy (non-hydrogen) atoms.